The number of pyridine rings is 1. The van der Waals surface area contributed by atoms with E-state index in [1.165, 1.54) is 22.4 Å². The molecule has 0 N–H and O–H groups in total. The van der Waals surface area contributed by atoms with E-state index in [0.29, 0.717) is 12.5 Å². The molecule has 3 heterocycles. The molecule has 0 saturated heterocycles. The van der Waals surface area contributed by atoms with Crippen LogP contribution in [0.2, 0.25) is 0 Å². The summed E-state index contributed by atoms with van der Waals surface area (Å²) in [6, 6.07) is 80.6. The van der Waals surface area contributed by atoms with Crippen molar-refractivity contribution in [1.29, 1.82) is 0 Å². The summed E-state index contributed by atoms with van der Waals surface area (Å²) in [4.78, 5) is 14.3. The topological polar surface area (TPSA) is 25.9 Å². The third-order valence-electron chi connectivity index (χ3n) is 13.6. The average molecular weight is 908 g/mol. The number of benzene rings is 9. The van der Waals surface area contributed by atoms with Crippen molar-refractivity contribution in [3.8, 4) is 44.5 Å². The minimum atomic E-state index is -0.312. The summed E-state index contributed by atoms with van der Waals surface area (Å²) < 4.78 is 15.6. The van der Waals surface area contributed by atoms with E-state index in [4.69, 9.17) is 4.98 Å². The van der Waals surface area contributed by atoms with Gasteiger partial charge in [-0.05, 0) is 124 Å². The van der Waals surface area contributed by atoms with Crippen LogP contribution in [0.5, 0.6) is 0 Å². The smallest absolute Gasteiger partial charge is 0.137 e. The van der Waals surface area contributed by atoms with E-state index in [1.807, 2.05) is 24.3 Å². The lowest BCUT2D eigenvalue weighted by atomic mass is 9.83. The van der Waals surface area contributed by atoms with Gasteiger partial charge in [0.25, 0.3) is 0 Å². The van der Waals surface area contributed by atoms with E-state index in [2.05, 4.69) is 234 Å². The summed E-state index contributed by atoms with van der Waals surface area (Å²) in [5.41, 5.74) is 18.9. The molecule has 0 bridgehead atoms. The van der Waals surface area contributed by atoms with E-state index in [0.717, 1.165) is 78.9 Å². The van der Waals surface area contributed by atoms with Gasteiger partial charge in [-0.2, -0.15) is 0 Å². The zero-order valence-electron chi connectivity index (χ0n) is 39.3. The standard InChI is InChI=1S/C64H50FN5/c1-64(2,3)57-29-19-28-52(45-22-9-5-10-23-45)63(57)68-43-67(58-30-15-16-31-59(58)68)50-38-46(44-20-7-4-8-21-44)39-51(41-50)69(48-24-11-6-12-25-48)49-34-36-56-54-27-14-13-26-53(54)55-35-33-47(65)40-60(55)70(61(56)42-49)62-32-17-18-37-66-62/h4-42H,43H2,1-3H3. The Labute approximate surface area is 409 Å². The third-order valence-corrected chi connectivity index (χ3v) is 13.6. The first-order valence-electron chi connectivity index (χ1n) is 23.9. The summed E-state index contributed by atoms with van der Waals surface area (Å²) in [6.45, 7) is 7.52. The van der Waals surface area contributed by atoms with Crippen LogP contribution in [0, 0.1) is 5.82 Å². The predicted molar refractivity (Wildman–Crippen MR) is 290 cm³/mol. The summed E-state index contributed by atoms with van der Waals surface area (Å²) in [5.74, 6) is 0.383. The molecule has 5 nitrogen and oxygen atoms in total. The Balaban J connectivity index is 1.07. The predicted octanol–water partition coefficient (Wildman–Crippen LogP) is 17.7. The number of nitrogens with zero attached hydrogens (tertiary/aromatic N) is 5. The molecular weight excluding hydrogens is 858 g/mol. The summed E-state index contributed by atoms with van der Waals surface area (Å²) >= 11 is 0. The third kappa shape index (κ3) is 7.55. The molecule has 10 aromatic rings. The highest BCUT2D eigenvalue weighted by molar-refractivity contribution is 6.03. The van der Waals surface area contributed by atoms with Gasteiger partial charge in [-0.25, -0.2) is 9.37 Å². The van der Waals surface area contributed by atoms with Gasteiger partial charge in [-0.1, -0.05) is 166 Å². The van der Waals surface area contributed by atoms with Crippen LogP contribution in [0.25, 0.3) is 44.5 Å². The minimum Gasteiger partial charge on any atom is -0.321 e. The Hall–Kier alpha value is -8.74. The van der Waals surface area contributed by atoms with E-state index in [9.17, 15) is 0 Å². The number of halogens is 1. The lowest BCUT2D eigenvalue weighted by molar-refractivity contribution is 0.590. The van der Waals surface area contributed by atoms with Gasteiger partial charge in [0.15, 0.2) is 0 Å². The number of rotatable bonds is 8. The second-order valence-electron chi connectivity index (χ2n) is 19.0. The maximum Gasteiger partial charge on any atom is 0.137 e. The van der Waals surface area contributed by atoms with Gasteiger partial charge in [-0.3, -0.25) is 4.90 Å². The molecule has 12 rings (SSSR count). The van der Waals surface area contributed by atoms with Crippen LogP contribution in [0.3, 0.4) is 0 Å². The van der Waals surface area contributed by atoms with Crippen molar-refractivity contribution in [3.05, 3.63) is 248 Å². The number of hydrogen-bond acceptors (Lipinski definition) is 5. The second-order valence-corrected chi connectivity index (χ2v) is 19.0. The molecule has 6 heteroatoms. The van der Waals surface area contributed by atoms with Crippen LogP contribution < -0.4 is 19.6 Å². The van der Waals surface area contributed by atoms with Gasteiger partial charge >= 0.3 is 0 Å². The van der Waals surface area contributed by atoms with Crippen molar-refractivity contribution >= 4 is 57.0 Å². The summed E-state index contributed by atoms with van der Waals surface area (Å²) in [6.07, 6.45) is 1.80. The van der Waals surface area contributed by atoms with Crippen molar-refractivity contribution in [1.82, 2.24) is 4.98 Å². The van der Waals surface area contributed by atoms with Crippen molar-refractivity contribution in [2.24, 2.45) is 0 Å². The highest BCUT2D eigenvalue weighted by Crippen LogP contribution is 2.54. The molecule has 0 saturated carbocycles. The Morgan fingerprint density at radius 2 is 1.03 bits per heavy atom. The molecular formula is C64H50FN5. The van der Waals surface area contributed by atoms with E-state index in [-0.39, 0.29) is 11.2 Å². The molecule has 70 heavy (non-hydrogen) atoms. The van der Waals surface area contributed by atoms with E-state index < -0.39 is 0 Å². The van der Waals surface area contributed by atoms with Crippen molar-refractivity contribution in [2.45, 2.75) is 26.2 Å². The Morgan fingerprint density at radius 1 is 0.429 bits per heavy atom. The van der Waals surface area contributed by atoms with Crippen LogP contribution >= 0.6 is 0 Å². The quantitative estimate of drug-likeness (QED) is 0.151. The molecule has 2 aliphatic heterocycles. The highest BCUT2D eigenvalue weighted by Gasteiger charge is 2.34. The molecule has 0 unspecified atom stereocenters. The molecule has 0 atom stereocenters. The molecule has 1 aromatic heterocycles. The fourth-order valence-corrected chi connectivity index (χ4v) is 10.4. The Morgan fingerprint density at radius 3 is 1.71 bits per heavy atom. The SMILES string of the molecule is CC(C)(C)c1cccc(-c2ccccc2)c1N1CN(c2cc(-c3ccccc3)cc(N(c3ccccc3)c3ccc4c(c3)N(c3ccccn3)c3cc(F)ccc3-c3ccccc3-4)c2)c2ccccc21. The first-order chi connectivity index (χ1) is 34.3. The highest BCUT2D eigenvalue weighted by atomic mass is 19.1. The lowest BCUT2D eigenvalue weighted by Crippen LogP contribution is -2.27. The van der Waals surface area contributed by atoms with Crippen LogP contribution in [0.4, 0.5) is 61.4 Å². The van der Waals surface area contributed by atoms with Crippen molar-refractivity contribution < 1.29 is 4.39 Å². The zero-order valence-corrected chi connectivity index (χ0v) is 39.3. The van der Waals surface area contributed by atoms with Crippen LogP contribution in [0.15, 0.2) is 237 Å². The number of hydrogen-bond donors (Lipinski definition) is 0. The summed E-state index contributed by atoms with van der Waals surface area (Å²) in [7, 11) is 0. The van der Waals surface area contributed by atoms with Gasteiger partial charge < -0.3 is 14.7 Å². The monoisotopic (exact) mass is 907 g/mol. The largest absolute Gasteiger partial charge is 0.321 e. The van der Waals surface area contributed by atoms with E-state index in [1.54, 1.807) is 18.3 Å². The maximum absolute atomic E-state index is 15.6. The number of anilines is 10. The maximum atomic E-state index is 15.6. The fourth-order valence-electron chi connectivity index (χ4n) is 10.4. The van der Waals surface area contributed by atoms with Crippen molar-refractivity contribution in [3.63, 3.8) is 0 Å². The van der Waals surface area contributed by atoms with E-state index >= 15 is 4.39 Å². The first kappa shape index (κ1) is 42.6. The molecule has 0 spiro atoms. The van der Waals surface area contributed by atoms with Gasteiger partial charge in [0.2, 0.25) is 0 Å². The second kappa shape index (κ2) is 17.4. The van der Waals surface area contributed by atoms with Crippen LogP contribution in [0.1, 0.15) is 26.3 Å². The molecule has 0 fully saturated rings. The van der Waals surface area contributed by atoms with Crippen LogP contribution in [-0.2, 0) is 5.41 Å². The van der Waals surface area contributed by atoms with Gasteiger partial charge in [0, 0.05) is 45.6 Å². The van der Waals surface area contributed by atoms with Gasteiger partial charge in [0.05, 0.1) is 28.4 Å². The number of fused-ring (bicyclic) bond motifs is 6. The Kier molecular flexibility index (Phi) is 10.6. The zero-order chi connectivity index (χ0) is 47.3. The fraction of sp³-hybridized carbons (Fsp3) is 0.0781. The lowest BCUT2D eigenvalue weighted by Gasteiger charge is -2.32. The first-order valence-corrected chi connectivity index (χ1v) is 23.9. The summed E-state index contributed by atoms with van der Waals surface area (Å²) in [5, 5.41) is 0. The number of para-hydroxylation sites is 4. The average Bonchev–Trinajstić information content (AvgIpc) is 3.74. The van der Waals surface area contributed by atoms with Gasteiger partial charge in [0.1, 0.15) is 18.3 Å². The molecule has 9 aromatic carbocycles. The number of aromatic nitrogens is 1. The molecule has 0 aliphatic carbocycles. The molecule has 2 aliphatic rings. The van der Waals surface area contributed by atoms with Crippen LogP contribution in [-0.4, -0.2) is 11.7 Å². The normalized spacial score (nSPS) is 12.7. The Bertz CT molecular complexity index is 3540. The van der Waals surface area contributed by atoms with Gasteiger partial charge in [-0.15, -0.1) is 0 Å². The van der Waals surface area contributed by atoms with Crippen molar-refractivity contribution in [2.75, 3.05) is 26.3 Å². The minimum absolute atomic E-state index is 0.128. The molecule has 338 valence electrons. The molecule has 0 radical (unpaired) electrons. The molecule has 0 amide bonds.